The van der Waals surface area contributed by atoms with Gasteiger partial charge in [0.15, 0.2) is 0 Å². The lowest BCUT2D eigenvalue weighted by molar-refractivity contribution is 0.0432. The number of benzene rings is 1. The van der Waals surface area contributed by atoms with Gasteiger partial charge in [0.25, 0.3) is 0 Å². The highest BCUT2D eigenvalue weighted by Gasteiger charge is 2.15. The van der Waals surface area contributed by atoms with Crippen molar-refractivity contribution in [1.29, 1.82) is 0 Å². The molecule has 1 rings (SSSR count). The van der Waals surface area contributed by atoms with Crippen molar-refractivity contribution >= 4 is 27.6 Å². The first-order valence-electron chi connectivity index (χ1n) is 6.22. The number of hydrogen-bond donors (Lipinski definition) is 1. The minimum Gasteiger partial charge on any atom is -0.462 e. The molecule has 0 heterocycles. The number of carbonyl (C=O) groups excluding carboxylic acids is 1. The Labute approximate surface area is 117 Å². The van der Waals surface area contributed by atoms with Crippen LogP contribution in [0.25, 0.3) is 0 Å². The lowest BCUT2D eigenvalue weighted by Crippen LogP contribution is -2.14. The molecule has 0 aromatic heterocycles. The highest BCUT2D eigenvalue weighted by Crippen LogP contribution is 2.23. The van der Waals surface area contributed by atoms with Crippen LogP contribution in [0.1, 0.15) is 42.6 Å². The zero-order valence-electron chi connectivity index (χ0n) is 11.1. The average Bonchev–Trinajstić information content (AvgIpc) is 2.34. The third kappa shape index (κ3) is 3.73. The van der Waals surface area contributed by atoms with Gasteiger partial charge in [0, 0.05) is 10.2 Å². The second-order valence-corrected chi connectivity index (χ2v) is 5.36. The molecule has 0 bridgehead atoms. The molecule has 4 heteroatoms. The van der Waals surface area contributed by atoms with Crippen LogP contribution in [0.5, 0.6) is 0 Å². The van der Waals surface area contributed by atoms with Crippen LogP contribution in [-0.4, -0.2) is 12.6 Å². The van der Waals surface area contributed by atoms with E-state index in [-0.39, 0.29) is 5.97 Å². The van der Waals surface area contributed by atoms with Crippen molar-refractivity contribution in [1.82, 2.24) is 0 Å². The first kappa shape index (κ1) is 15.0. The van der Waals surface area contributed by atoms with Gasteiger partial charge in [0.1, 0.15) is 0 Å². The molecule has 0 unspecified atom stereocenters. The molecule has 1 aromatic rings. The van der Waals surface area contributed by atoms with Crippen molar-refractivity contribution in [3.8, 4) is 0 Å². The summed E-state index contributed by atoms with van der Waals surface area (Å²) in [4.78, 5) is 12.0. The Bertz CT molecular complexity index is 428. The number of esters is 1. The summed E-state index contributed by atoms with van der Waals surface area (Å²) in [6, 6.07) is 3.54. The van der Waals surface area contributed by atoms with Gasteiger partial charge in [-0.25, -0.2) is 4.79 Å². The maximum atomic E-state index is 12.0. The lowest BCUT2D eigenvalue weighted by Gasteiger charge is -2.14. The summed E-state index contributed by atoms with van der Waals surface area (Å²) in [6.45, 7) is 6.50. The van der Waals surface area contributed by atoms with E-state index < -0.39 is 0 Å². The maximum Gasteiger partial charge on any atom is 0.338 e. The Hall–Kier alpha value is -1.03. The number of carbonyl (C=O) groups is 1. The van der Waals surface area contributed by atoms with E-state index in [4.69, 9.17) is 10.5 Å². The summed E-state index contributed by atoms with van der Waals surface area (Å²) >= 11 is 3.34. The van der Waals surface area contributed by atoms with Crippen LogP contribution in [0, 0.1) is 12.8 Å². The second-order valence-electron chi connectivity index (χ2n) is 4.45. The lowest BCUT2D eigenvalue weighted by atomic mass is 10.0. The third-order valence-electron chi connectivity index (χ3n) is 3.24. The van der Waals surface area contributed by atoms with Gasteiger partial charge in [-0.15, -0.1) is 0 Å². The molecule has 0 fully saturated rings. The van der Waals surface area contributed by atoms with Crippen molar-refractivity contribution in [2.75, 3.05) is 12.3 Å². The zero-order chi connectivity index (χ0) is 13.7. The van der Waals surface area contributed by atoms with Crippen LogP contribution in [0.2, 0.25) is 0 Å². The van der Waals surface area contributed by atoms with E-state index in [2.05, 4.69) is 29.8 Å². The van der Waals surface area contributed by atoms with Crippen LogP contribution in [0.15, 0.2) is 16.6 Å². The van der Waals surface area contributed by atoms with Gasteiger partial charge in [-0.1, -0.05) is 42.6 Å². The van der Waals surface area contributed by atoms with E-state index in [1.807, 2.05) is 6.92 Å². The first-order valence-corrected chi connectivity index (χ1v) is 7.01. The number of rotatable bonds is 5. The van der Waals surface area contributed by atoms with Crippen molar-refractivity contribution < 1.29 is 9.53 Å². The topological polar surface area (TPSA) is 52.3 Å². The summed E-state index contributed by atoms with van der Waals surface area (Å²) < 4.78 is 6.14. The summed E-state index contributed by atoms with van der Waals surface area (Å²) in [5, 5.41) is 0. The average molecular weight is 314 g/mol. The number of nitrogens with two attached hydrogens (primary N) is 1. The summed E-state index contributed by atoms with van der Waals surface area (Å²) in [7, 11) is 0. The quantitative estimate of drug-likeness (QED) is 0.662. The van der Waals surface area contributed by atoms with E-state index in [0.29, 0.717) is 23.8 Å². The van der Waals surface area contributed by atoms with Gasteiger partial charge in [0.05, 0.1) is 12.2 Å². The summed E-state index contributed by atoms with van der Waals surface area (Å²) in [6.07, 6.45) is 2.03. The van der Waals surface area contributed by atoms with Crippen LogP contribution >= 0.6 is 15.9 Å². The van der Waals surface area contributed by atoms with Gasteiger partial charge in [-0.2, -0.15) is 0 Å². The minimum absolute atomic E-state index is 0.299. The summed E-state index contributed by atoms with van der Waals surface area (Å²) in [5.74, 6) is 0.131. The molecule has 0 aliphatic carbocycles. The molecule has 2 N–H and O–H groups in total. The van der Waals surface area contributed by atoms with Crippen molar-refractivity contribution in [2.24, 2.45) is 5.92 Å². The van der Waals surface area contributed by atoms with Gasteiger partial charge in [-0.3, -0.25) is 0 Å². The smallest absolute Gasteiger partial charge is 0.338 e. The maximum absolute atomic E-state index is 12.0. The second kappa shape index (κ2) is 6.78. The molecular formula is C14H20BrNO2. The van der Waals surface area contributed by atoms with Gasteiger partial charge in [-0.05, 0) is 30.5 Å². The molecule has 0 spiro atoms. The zero-order valence-corrected chi connectivity index (χ0v) is 12.7. The Morgan fingerprint density at radius 2 is 2.00 bits per heavy atom. The largest absolute Gasteiger partial charge is 0.462 e. The molecule has 0 atom stereocenters. The van der Waals surface area contributed by atoms with Crippen LogP contribution < -0.4 is 5.73 Å². The first-order chi connectivity index (χ1) is 8.49. The fourth-order valence-electron chi connectivity index (χ4n) is 1.71. The van der Waals surface area contributed by atoms with E-state index in [1.54, 1.807) is 12.1 Å². The normalized spacial score (nSPS) is 10.7. The van der Waals surface area contributed by atoms with Crippen LogP contribution in [0.3, 0.4) is 0 Å². The number of halogens is 1. The van der Waals surface area contributed by atoms with Gasteiger partial charge in [0.2, 0.25) is 0 Å². The Kier molecular flexibility index (Phi) is 5.66. The fraction of sp³-hybridized carbons (Fsp3) is 0.500. The van der Waals surface area contributed by atoms with Crippen molar-refractivity contribution in [2.45, 2.75) is 33.6 Å². The predicted octanol–water partition coefficient (Wildman–Crippen LogP) is 3.93. The number of nitrogen functional groups attached to an aromatic ring is 1. The Morgan fingerprint density at radius 1 is 1.39 bits per heavy atom. The van der Waals surface area contributed by atoms with E-state index in [9.17, 15) is 4.79 Å². The van der Waals surface area contributed by atoms with Gasteiger partial charge >= 0.3 is 5.97 Å². The molecule has 0 saturated heterocycles. The monoisotopic (exact) mass is 313 g/mol. The number of ether oxygens (including phenoxy) is 1. The Balaban J connectivity index is 2.78. The third-order valence-corrected chi connectivity index (χ3v) is 3.70. The number of anilines is 1. The van der Waals surface area contributed by atoms with Gasteiger partial charge < -0.3 is 10.5 Å². The Morgan fingerprint density at radius 3 is 2.56 bits per heavy atom. The molecule has 0 radical (unpaired) electrons. The molecule has 100 valence electrons. The van der Waals surface area contributed by atoms with E-state index >= 15 is 0 Å². The predicted molar refractivity (Wildman–Crippen MR) is 77.6 cm³/mol. The molecule has 18 heavy (non-hydrogen) atoms. The van der Waals surface area contributed by atoms with E-state index in [1.165, 1.54) is 0 Å². The minimum atomic E-state index is -0.299. The summed E-state index contributed by atoms with van der Waals surface area (Å²) in [5.41, 5.74) is 7.73. The van der Waals surface area contributed by atoms with Crippen LogP contribution in [0.4, 0.5) is 5.69 Å². The molecular weight excluding hydrogens is 294 g/mol. The molecule has 0 aliphatic rings. The molecule has 0 amide bonds. The molecule has 3 nitrogen and oxygen atoms in total. The van der Waals surface area contributed by atoms with Crippen LogP contribution in [-0.2, 0) is 4.74 Å². The van der Waals surface area contributed by atoms with Crippen molar-refractivity contribution in [3.05, 3.63) is 27.7 Å². The SMILES string of the molecule is CCC(CC)COC(=O)c1cc(Br)cc(N)c1C. The highest BCUT2D eigenvalue weighted by molar-refractivity contribution is 9.10. The highest BCUT2D eigenvalue weighted by atomic mass is 79.9. The fourth-order valence-corrected chi connectivity index (χ4v) is 2.18. The number of hydrogen-bond acceptors (Lipinski definition) is 3. The van der Waals surface area contributed by atoms with E-state index in [0.717, 1.165) is 22.9 Å². The van der Waals surface area contributed by atoms with Crippen molar-refractivity contribution in [3.63, 3.8) is 0 Å². The molecule has 0 saturated carbocycles. The molecule has 0 aliphatic heterocycles. The molecule has 1 aromatic carbocycles. The standard InChI is InChI=1S/C14H20BrNO2/c1-4-10(5-2)8-18-14(17)12-6-11(15)7-13(16)9(12)3/h6-7,10H,4-5,8,16H2,1-3H3.